The predicted molar refractivity (Wildman–Crippen MR) is 73.9 cm³/mol. The molecule has 0 amide bonds. The van der Waals surface area contributed by atoms with Crippen LogP contribution in [0.2, 0.25) is 0 Å². The number of hydrogen-bond donors (Lipinski definition) is 0. The molecule has 0 radical (unpaired) electrons. The maximum atomic E-state index is 11.6. The zero-order valence-electron chi connectivity index (χ0n) is 13.6. The van der Waals surface area contributed by atoms with Gasteiger partial charge in [-0.05, 0) is 34.6 Å². The lowest BCUT2D eigenvalue weighted by molar-refractivity contribution is -0.427. The van der Waals surface area contributed by atoms with Crippen LogP contribution < -0.4 is 0 Å². The van der Waals surface area contributed by atoms with Crippen molar-refractivity contribution in [3.8, 4) is 0 Å². The second-order valence-corrected chi connectivity index (χ2v) is 6.16. The number of carbonyl (C=O) groups is 2. The fourth-order valence-corrected chi connectivity index (χ4v) is 1.28. The molecule has 0 saturated carbocycles. The van der Waals surface area contributed by atoms with E-state index in [1.165, 1.54) is 27.7 Å². The van der Waals surface area contributed by atoms with Gasteiger partial charge in [-0.1, -0.05) is 6.58 Å². The molecule has 0 atom stereocenters. The third-order valence-electron chi connectivity index (χ3n) is 1.70. The van der Waals surface area contributed by atoms with Crippen LogP contribution >= 0.6 is 0 Å². The number of hydrogen-bond acceptors (Lipinski definition) is 7. The Morgan fingerprint density at radius 3 is 1.86 bits per heavy atom. The lowest BCUT2D eigenvalue weighted by atomic mass is 10.2. The van der Waals surface area contributed by atoms with E-state index in [4.69, 9.17) is 19.1 Å². The molecule has 21 heavy (non-hydrogen) atoms. The van der Waals surface area contributed by atoms with E-state index < -0.39 is 29.3 Å². The maximum absolute atomic E-state index is 11.6. The monoisotopic (exact) mass is 304 g/mol. The van der Waals surface area contributed by atoms with E-state index in [1.54, 1.807) is 20.8 Å². The van der Waals surface area contributed by atoms with Gasteiger partial charge in [0, 0.05) is 19.9 Å². The van der Waals surface area contributed by atoms with E-state index in [0.29, 0.717) is 0 Å². The first-order valence-corrected chi connectivity index (χ1v) is 6.40. The van der Waals surface area contributed by atoms with Gasteiger partial charge in [0.05, 0.1) is 0 Å². The van der Waals surface area contributed by atoms with Gasteiger partial charge >= 0.3 is 12.1 Å². The molecule has 7 nitrogen and oxygen atoms in total. The predicted octanol–water partition coefficient (Wildman–Crippen LogP) is 3.09. The van der Waals surface area contributed by atoms with E-state index in [2.05, 4.69) is 11.5 Å². The van der Waals surface area contributed by atoms with Gasteiger partial charge in [-0.25, -0.2) is 9.59 Å². The summed E-state index contributed by atoms with van der Waals surface area (Å²) in [6, 6.07) is 0. The molecule has 0 rings (SSSR count). The average Bonchev–Trinajstić information content (AvgIpc) is 2.20. The molecule has 0 fully saturated rings. The summed E-state index contributed by atoms with van der Waals surface area (Å²) in [4.78, 5) is 31.8. The van der Waals surface area contributed by atoms with Gasteiger partial charge in [0.2, 0.25) is 11.6 Å². The molecule has 0 aromatic rings. The summed E-state index contributed by atoms with van der Waals surface area (Å²) in [7, 11) is 0. The number of carbonyl (C=O) groups excluding carboxylic acids is 2. The van der Waals surface area contributed by atoms with Crippen LogP contribution in [-0.2, 0) is 28.8 Å². The van der Waals surface area contributed by atoms with E-state index >= 15 is 0 Å². The normalized spacial score (nSPS) is 12.5. The summed E-state index contributed by atoms with van der Waals surface area (Å²) in [5, 5.41) is 0. The van der Waals surface area contributed by atoms with Crippen LogP contribution in [-0.4, -0.2) is 29.3 Å². The molecule has 0 aromatic carbocycles. The highest BCUT2D eigenvalue weighted by atomic mass is 17.2. The van der Waals surface area contributed by atoms with Gasteiger partial charge in [0.1, 0.15) is 5.60 Å². The van der Waals surface area contributed by atoms with E-state index in [-0.39, 0.29) is 0 Å². The summed E-state index contributed by atoms with van der Waals surface area (Å²) in [6.45, 7) is 14.3. The van der Waals surface area contributed by atoms with Gasteiger partial charge in [0.15, 0.2) is 0 Å². The Hall–Kier alpha value is -1.60. The van der Waals surface area contributed by atoms with Crippen molar-refractivity contribution in [3.63, 3.8) is 0 Å². The standard InChI is InChI=1S/C14H24O7/c1-9-10(15)19-21-14(7,8)20-13(5,6)18-11(16)17-12(2,3)4/h9H,1H2,2-8H3. The Kier molecular flexibility index (Phi) is 6.38. The van der Waals surface area contributed by atoms with Crippen LogP contribution in [0.4, 0.5) is 4.79 Å². The van der Waals surface area contributed by atoms with E-state index in [9.17, 15) is 9.59 Å². The Bertz CT molecular complexity index is 391. The second-order valence-electron chi connectivity index (χ2n) is 6.16. The fraction of sp³-hybridized carbons (Fsp3) is 0.714. The Balaban J connectivity index is 4.53. The van der Waals surface area contributed by atoms with Crippen molar-refractivity contribution in [1.82, 2.24) is 0 Å². The van der Waals surface area contributed by atoms with Crippen molar-refractivity contribution >= 4 is 12.1 Å². The molecule has 0 saturated heterocycles. The number of ether oxygens (including phenoxy) is 3. The van der Waals surface area contributed by atoms with E-state index in [1.807, 2.05) is 0 Å². The smallest absolute Gasteiger partial charge is 0.428 e. The molecule has 0 aliphatic heterocycles. The molecule has 0 bridgehead atoms. The third kappa shape index (κ3) is 9.86. The lowest BCUT2D eigenvalue weighted by Crippen LogP contribution is -2.43. The van der Waals surface area contributed by atoms with Crippen LogP contribution in [0.15, 0.2) is 12.7 Å². The highest BCUT2D eigenvalue weighted by Gasteiger charge is 2.36. The zero-order valence-corrected chi connectivity index (χ0v) is 13.6. The van der Waals surface area contributed by atoms with Gasteiger partial charge in [-0.2, -0.15) is 0 Å². The first kappa shape index (κ1) is 19.4. The van der Waals surface area contributed by atoms with E-state index in [0.717, 1.165) is 6.08 Å². The third-order valence-corrected chi connectivity index (χ3v) is 1.70. The SMILES string of the molecule is C=CC(=O)OOC(C)(C)OC(C)(C)OC(=O)OC(C)(C)C. The molecule has 0 unspecified atom stereocenters. The molecule has 7 heteroatoms. The van der Waals surface area contributed by atoms with Crippen molar-refractivity contribution < 1.29 is 33.6 Å². The minimum atomic E-state index is -1.35. The Labute approximate surface area is 125 Å². The van der Waals surface area contributed by atoms with Crippen LogP contribution in [0, 0.1) is 0 Å². The lowest BCUT2D eigenvalue weighted by Gasteiger charge is -2.33. The van der Waals surface area contributed by atoms with Crippen molar-refractivity contribution in [1.29, 1.82) is 0 Å². The maximum Gasteiger partial charge on any atom is 0.511 e. The molecule has 0 aliphatic carbocycles. The van der Waals surface area contributed by atoms with Crippen LogP contribution in [0.25, 0.3) is 0 Å². The molecule has 0 aliphatic rings. The highest BCUT2D eigenvalue weighted by molar-refractivity contribution is 5.80. The summed E-state index contributed by atoms with van der Waals surface area (Å²) in [5.41, 5.74) is -0.682. The largest absolute Gasteiger partial charge is 0.511 e. The average molecular weight is 304 g/mol. The van der Waals surface area contributed by atoms with Crippen molar-refractivity contribution in [2.75, 3.05) is 0 Å². The molecule has 0 aromatic heterocycles. The van der Waals surface area contributed by atoms with Crippen LogP contribution in [0.1, 0.15) is 48.5 Å². The molecule has 0 heterocycles. The molecule has 122 valence electrons. The minimum absolute atomic E-state index is 0.682. The molecular weight excluding hydrogens is 280 g/mol. The molecule has 0 spiro atoms. The van der Waals surface area contributed by atoms with Crippen molar-refractivity contribution in [3.05, 3.63) is 12.7 Å². The van der Waals surface area contributed by atoms with Crippen LogP contribution in [0.3, 0.4) is 0 Å². The summed E-state index contributed by atoms with van der Waals surface area (Å²) >= 11 is 0. The fourth-order valence-electron chi connectivity index (χ4n) is 1.28. The topological polar surface area (TPSA) is 80.3 Å². The number of rotatable bonds is 6. The van der Waals surface area contributed by atoms with Gasteiger partial charge in [-0.3, -0.25) is 4.89 Å². The second kappa shape index (κ2) is 6.91. The van der Waals surface area contributed by atoms with Gasteiger partial charge in [0.25, 0.3) is 0 Å². The summed E-state index contributed by atoms with van der Waals surface area (Å²) in [5.74, 6) is -3.46. The zero-order chi connectivity index (χ0) is 16.9. The highest BCUT2D eigenvalue weighted by Crippen LogP contribution is 2.24. The summed E-state index contributed by atoms with van der Waals surface area (Å²) in [6.07, 6.45) is 0.0599. The molecular formula is C14H24O7. The summed E-state index contributed by atoms with van der Waals surface area (Å²) < 4.78 is 15.5. The Morgan fingerprint density at radius 2 is 1.43 bits per heavy atom. The molecule has 0 N–H and O–H groups in total. The van der Waals surface area contributed by atoms with Gasteiger partial charge in [-0.15, -0.1) is 4.89 Å². The van der Waals surface area contributed by atoms with Crippen molar-refractivity contribution in [2.24, 2.45) is 0 Å². The van der Waals surface area contributed by atoms with Crippen molar-refractivity contribution in [2.45, 2.75) is 65.6 Å². The Morgan fingerprint density at radius 1 is 0.905 bits per heavy atom. The minimum Gasteiger partial charge on any atom is -0.428 e. The first-order valence-electron chi connectivity index (χ1n) is 6.40. The van der Waals surface area contributed by atoms with Gasteiger partial charge < -0.3 is 14.2 Å². The van der Waals surface area contributed by atoms with Crippen LogP contribution in [0.5, 0.6) is 0 Å². The first-order chi connectivity index (χ1) is 9.26. The quantitative estimate of drug-likeness (QED) is 0.245.